The number of ether oxygens (including phenoxy) is 3. The van der Waals surface area contributed by atoms with Crippen molar-refractivity contribution < 1.29 is 28.2 Å². The van der Waals surface area contributed by atoms with E-state index >= 15 is 0 Å². The highest BCUT2D eigenvalue weighted by Crippen LogP contribution is 2.21. The Hall–Kier alpha value is -2.58. The first-order chi connectivity index (χ1) is 15.0. The van der Waals surface area contributed by atoms with Gasteiger partial charge in [0.2, 0.25) is 5.91 Å². The van der Waals surface area contributed by atoms with Crippen molar-refractivity contribution in [2.24, 2.45) is 0 Å². The molecule has 1 heterocycles. The zero-order valence-corrected chi connectivity index (χ0v) is 18.2. The van der Waals surface area contributed by atoms with Gasteiger partial charge in [-0.25, -0.2) is 4.39 Å². The molecule has 0 aromatic heterocycles. The fourth-order valence-electron chi connectivity index (χ4n) is 3.12. The molecular formula is C23H26FNO5S. The van der Waals surface area contributed by atoms with Crippen LogP contribution >= 0.6 is 11.8 Å². The molecule has 0 saturated carbocycles. The van der Waals surface area contributed by atoms with Crippen LogP contribution in [0.2, 0.25) is 0 Å². The van der Waals surface area contributed by atoms with Gasteiger partial charge in [0.25, 0.3) is 0 Å². The number of morpholine rings is 1. The van der Waals surface area contributed by atoms with Gasteiger partial charge < -0.3 is 19.1 Å². The van der Waals surface area contributed by atoms with E-state index in [2.05, 4.69) is 0 Å². The van der Waals surface area contributed by atoms with Crippen molar-refractivity contribution in [3.63, 3.8) is 0 Å². The quantitative estimate of drug-likeness (QED) is 0.411. The SMILES string of the molecule is CC(=O)c1cc(F)ccc1OCC1CN(C(=O)CSCCOc2ccccc2)CCO1. The van der Waals surface area contributed by atoms with E-state index in [4.69, 9.17) is 14.2 Å². The topological polar surface area (TPSA) is 65.1 Å². The molecular weight excluding hydrogens is 421 g/mol. The summed E-state index contributed by atoms with van der Waals surface area (Å²) in [4.78, 5) is 26.0. The first-order valence-corrected chi connectivity index (χ1v) is 11.3. The first-order valence-electron chi connectivity index (χ1n) is 10.1. The molecule has 0 spiro atoms. The number of halogens is 1. The van der Waals surface area contributed by atoms with Gasteiger partial charge in [-0.05, 0) is 37.3 Å². The second kappa shape index (κ2) is 11.7. The number of carbonyl (C=O) groups excluding carboxylic acids is 2. The number of benzene rings is 2. The Kier molecular flexibility index (Phi) is 8.73. The van der Waals surface area contributed by atoms with Gasteiger partial charge in [-0.15, -0.1) is 11.8 Å². The second-order valence-corrected chi connectivity index (χ2v) is 8.16. The molecule has 3 rings (SSSR count). The molecule has 1 aliphatic heterocycles. The summed E-state index contributed by atoms with van der Waals surface area (Å²) in [6.45, 7) is 3.44. The summed E-state index contributed by atoms with van der Waals surface area (Å²) in [7, 11) is 0. The molecule has 0 radical (unpaired) electrons. The van der Waals surface area contributed by atoms with E-state index in [1.807, 2.05) is 30.3 Å². The molecule has 1 saturated heterocycles. The van der Waals surface area contributed by atoms with E-state index in [1.54, 1.807) is 4.90 Å². The lowest BCUT2D eigenvalue weighted by Crippen LogP contribution is -2.48. The lowest BCUT2D eigenvalue weighted by molar-refractivity contribution is -0.137. The second-order valence-electron chi connectivity index (χ2n) is 7.05. The molecule has 0 bridgehead atoms. The summed E-state index contributed by atoms with van der Waals surface area (Å²) in [6, 6.07) is 13.4. The molecule has 2 aromatic rings. The predicted octanol–water partition coefficient (Wildman–Crippen LogP) is 3.45. The van der Waals surface area contributed by atoms with Crippen LogP contribution in [0.25, 0.3) is 0 Å². The maximum Gasteiger partial charge on any atom is 0.232 e. The molecule has 1 atom stereocenters. The lowest BCUT2D eigenvalue weighted by Gasteiger charge is -2.33. The number of Topliss-reactive ketones (excluding diaryl/α,β-unsaturated/α-hetero) is 1. The fraction of sp³-hybridized carbons (Fsp3) is 0.391. The standard InChI is InChI=1S/C23H26FNO5S/c1-17(26)21-13-18(24)7-8-22(21)30-15-20-14-25(9-10-28-20)23(27)16-31-12-11-29-19-5-3-2-4-6-19/h2-8,13,20H,9-12,14-16H2,1H3. The fourth-order valence-corrected chi connectivity index (χ4v) is 3.82. The third-order valence-electron chi connectivity index (χ3n) is 4.70. The van der Waals surface area contributed by atoms with Crippen molar-refractivity contribution in [3.8, 4) is 11.5 Å². The third kappa shape index (κ3) is 7.25. The van der Waals surface area contributed by atoms with Crippen LogP contribution < -0.4 is 9.47 Å². The van der Waals surface area contributed by atoms with Crippen molar-refractivity contribution in [3.05, 3.63) is 59.9 Å². The maximum atomic E-state index is 13.4. The minimum atomic E-state index is -0.491. The highest BCUT2D eigenvalue weighted by Gasteiger charge is 2.25. The Morgan fingerprint density at radius 3 is 2.77 bits per heavy atom. The summed E-state index contributed by atoms with van der Waals surface area (Å²) < 4.78 is 30.4. The highest BCUT2D eigenvalue weighted by atomic mass is 32.2. The molecule has 1 fully saturated rings. The van der Waals surface area contributed by atoms with Crippen LogP contribution in [0.15, 0.2) is 48.5 Å². The van der Waals surface area contributed by atoms with Crippen molar-refractivity contribution in [1.29, 1.82) is 0 Å². The summed E-state index contributed by atoms with van der Waals surface area (Å²) in [5, 5.41) is 0. The number of ketones is 1. The van der Waals surface area contributed by atoms with E-state index in [-0.39, 0.29) is 30.0 Å². The average molecular weight is 448 g/mol. The van der Waals surface area contributed by atoms with Gasteiger partial charge in [0.1, 0.15) is 30.0 Å². The van der Waals surface area contributed by atoms with Crippen LogP contribution in [0.5, 0.6) is 11.5 Å². The monoisotopic (exact) mass is 447 g/mol. The van der Waals surface area contributed by atoms with Gasteiger partial charge in [-0.1, -0.05) is 18.2 Å². The number of nitrogens with zero attached hydrogens (tertiary/aromatic N) is 1. The van der Waals surface area contributed by atoms with Gasteiger partial charge in [-0.3, -0.25) is 9.59 Å². The molecule has 2 aromatic carbocycles. The van der Waals surface area contributed by atoms with Gasteiger partial charge >= 0.3 is 0 Å². The Morgan fingerprint density at radius 2 is 2.00 bits per heavy atom. The Balaban J connectivity index is 1.39. The van der Waals surface area contributed by atoms with Crippen LogP contribution in [-0.4, -0.2) is 67.1 Å². The van der Waals surface area contributed by atoms with Crippen LogP contribution in [0.4, 0.5) is 4.39 Å². The van der Waals surface area contributed by atoms with Crippen molar-refractivity contribution in [2.45, 2.75) is 13.0 Å². The highest BCUT2D eigenvalue weighted by molar-refractivity contribution is 7.99. The Labute approximate surface area is 185 Å². The lowest BCUT2D eigenvalue weighted by atomic mass is 10.1. The van der Waals surface area contributed by atoms with Crippen LogP contribution in [-0.2, 0) is 9.53 Å². The molecule has 8 heteroatoms. The Morgan fingerprint density at radius 1 is 1.19 bits per heavy atom. The number of para-hydroxylation sites is 1. The van der Waals surface area contributed by atoms with Crippen molar-refractivity contribution >= 4 is 23.5 Å². The number of amides is 1. The van der Waals surface area contributed by atoms with Gasteiger partial charge in [-0.2, -0.15) is 0 Å². The minimum Gasteiger partial charge on any atom is -0.493 e. The molecule has 31 heavy (non-hydrogen) atoms. The number of rotatable bonds is 10. The molecule has 0 N–H and O–H groups in total. The Bertz CT molecular complexity index is 880. The van der Waals surface area contributed by atoms with E-state index in [0.29, 0.717) is 37.8 Å². The molecule has 0 aliphatic carbocycles. The summed E-state index contributed by atoms with van der Waals surface area (Å²) in [5.41, 5.74) is 0.192. The third-order valence-corrected chi connectivity index (χ3v) is 5.61. The molecule has 1 unspecified atom stereocenters. The van der Waals surface area contributed by atoms with Gasteiger partial charge in [0.05, 0.1) is 31.1 Å². The zero-order chi connectivity index (χ0) is 22.1. The number of carbonyl (C=O) groups is 2. The molecule has 6 nitrogen and oxygen atoms in total. The largest absolute Gasteiger partial charge is 0.493 e. The number of thioether (sulfide) groups is 1. The predicted molar refractivity (Wildman–Crippen MR) is 117 cm³/mol. The average Bonchev–Trinajstić information content (AvgIpc) is 2.78. The van der Waals surface area contributed by atoms with E-state index < -0.39 is 5.82 Å². The first kappa shape index (κ1) is 23.1. The smallest absolute Gasteiger partial charge is 0.232 e. The number of hydrogen-bond acceptors (Lipinski definition) is 6. The van der Waals surface area contributed by atoms with Crippen molar-refractivity contribution in [1.82, 2.24) is 4.90 Å². The normalized spacial score (nSPS) is 16.1. The molecule has 1 aliphatic rings. The van der Waals surface area contributed by atoms with E-state index in [0.717, 1.165) is 17.6 Å². The molecule has 1 amide bonds. The summed E-state index contributed by atoms with van der Waals surface area (Å²) >= 11 is 1.53. The van der Waals surface area contributed by atoms with E-state index in [9.17, 15) is 14.0 Å². The van der Waals surface area contributed by atoms with E-state index in [1.165, 1.54) is 30.8 Å². The van der Waals surface area contributed by atoms with Crippen LogP contribution in [0, 0.1) is 5.82 Å². The van der Waals surface area contributed by atoms with Gasteiger partial charge in [0, 0.05) is 12.3 Å². The molecule has 166 valence electrons. The van der Waals surface area contributed by atoms with Crippen LogP contribution in [0.3, 0.4) is 0 Å². The zero-order valence-electron chi connectivity index (χ0n) is 17.4. The minimum absolute atomic E-state index is 0.0456. The van der Waals surface area contributed by atoms with Gasteiger partial charge in [0.15, 0.2) is 5.78 Å². The number of hydrogen-bond donors (Lipinski definition) is 0. The summed E-state index contributed by atoms with van der Waals surface area (Å²) in [5.74, 6) is 1.51. The maximum absolute atomic E-state index is 13.4. The van der Waals surface area contributed by atoms with Crippen LogP contribution in [0.1, 0.15) is 17.3 Å². The summed E-state index contributed by atoms with van der Waals surface area (Å²) in [6.07, 6.45) is -0.311. The van der Waals surface area contributed by atoms with Crippen molar-refractivity contribution in [2.75, 3.05) is 44.4 Å².